The average Bonchev–Trinajstić information content (AvgIpc) is 2.24. The summed E-state index contributed by atoms with van der Waals surface area (Å²) >= 11 is 0. The quantitative estimate of drug-likeness (QED) is 0.580. The van der Waals surface area contributed by atoms with E-state index >= 15 is 0 Å². The van der Waals surface area contributed by atoms with Gasteiger partial charge in [-0.2, -0.15) is 9.97 Å². The largest absolute Gasteiger partial charge is 0.383 e. The molecule has 1 aromatic heterocycles. The summed E-state index contributed by atoms with van der Waals surface area (Å²) in [7, 11) is 0. The third-order valence-corrected chi connectivity index (χ3v) is 2.66. The molecular formula is C11H20N6. The zero-order valence-corrected chi connectivity index (χ0v) is 10.5. The van der Waals surface area contributed by atoms with Crippen LogP contribution in [0.15, 0.2) is 0 Å². The SMILES string of the molecule is CCC(CC)Nc1nc(N)nc(N)c1C(C)=N. The summed E-state index contributed by atoms with van der Waals surface area (Å²) < 4.78 is 0. The van der Waals surface area contributed by atoms with Crippen LogP contribution in [0.5, 0.6) is 0 Å². The number of aromatic nitrogens is 2. The van der Waals surface area contributed by atoms with E-state index in [2.05, 4.69) is 29.1 Å². The highest BCUT2D eigenvalue weighted by atomic mass is 15.1. The Balaban J connectivity index is 3.16. The molecule has 0 aromatic carbocycles. The molecule has 0 atom stereocenters. The van der Waals surface area contributed by atoms with Crippen molar-refractivity contribution in [1.29, 1.82) is 5.41 Å². The monoisotopic (exact) mass is 236 g/mol. The van der Waals surface area contributed by atoms with E-state index in [0.717, 1.165) is 12.8 Å². The Kier molecular flexibility index (Phi) is 4.25. The van der Waals surface area contributed by atoms with Crippen molar-refractivity contribution in [2.24, 2.45) is 0 Å². The van der Waals surface area contributed by atoms with Crippen molar-refractivity contribution in [3.8, 4) is 0 Å². The minimum Gasteiger partial charge on any atom is -0.383 e. The lowest BCUT2D eigenvalue weighted by Gasteiger charge is -2.18. The Morgan fingerprint density at radius 2 is 1.88 bits per heavy atom. The molecule has 0 bridgehead atoms. The third-order valence-electron chi connectivity index (χ3n) is 2.66. The predicted molar refractivity (Wildman–Crippen MR) is 71.4 cm³/mol. The molecule has 0 saturated carbocycles. The summed E-state index contributed by atoms with van der Waals surface area (Å²) in [6.07, 6.45) is 1.94. The second-order valence-corrected chi connectivity index (χ2v) is 3.97. The van der Waals surface area contributed by atoms with Crippen molar-refractivity contribution >= 4 is 23.3 Å². The van der Waals surface area contributed by atoms with Gasteiger partial charge in [0.1, 0.15) is 11.6 Å². The molecule has 6 N–H and O–H groups in total. The summed E-state index contributed by atoms with van der Waals surface area (Å²) in [4.78, 5) is 8.00. The Hall–Kier alpha value is -1.85. The molecule has 17 heavy (non-hydrogen) atoms. The molecule has 0 unspecified atom stereocenters. The molecule has 1 rings (SSSR count). The van der Waals surface area contributed by atoms with Crippen molar-refractivity contribution < 1.29 is 0 Å². The first kappa shape index (κ1) is 13.2. The molecule has 0 saturated heterocycles. The van der Waals surface area contributed by atoms with Crippen LogP contribution in [0.3, 0.4) is 0 Å². The number of hydrogen-bond acceptors (Lipinski definition) is 6. The zero-order chi connectivity index (χ0) is 13.0. The van der Waals surface area contributed by atoms with E-state index in [0.29, 0.717) is 23.1 Å². The maximum absolute atomic E-state index is 7.71. The smallest absolute Gasteiger partial charge is 0.223 e. The predicted octanol–water partition coefficient (Wildman–Crippen LogP) is 1.63. The second kappa shape index (κ2) is 5.47. The van der Waals surface area contributed by atoms with Crippen LogP contribution < -0.4 is 16.8 Å². The lowest BCUT2D eigenvalue weighted by Crippen LogP contribution is -2.21. The summed E-state index contributed by atoms with van der Waals surface area (Å²) in [5.41, 5.74) is 12.2. The highest BCUT2D eigenvalue weighted by Crippen LogP contribution is 2.21. The molecule has 0 amide bonds. The van der Waals surface area contributed by atoms with Crippen LogP contribution in [-0.4, -0.2) is 21.7 Å². The Bertz CT molecular complexity index is 411. The number of nitrogens with one attached hydrogen (secondary N) is 2. The first-order chi connectivity index (χ1) is 7.99. The van der Waals surface area contributed by atoms with E-state index < -0.39 is 0 Å². The Morgan fingerprint density at radius 1 is 1.29 bits per heavy atom. The van der Waals surface area contributed by atoms with Crippen LogP contribution in [0, 0.1) is 5.41 Å². The highest BCUT2D eigenvalue weighted by Gasteiger charge is 2.15. The number of rotatable bonds is 5. The van der Waals surface area contributed by atoms with Crippen molar-refractivity contribution in [1.82, 2.24) is 9.97 Å². The van der Waals surface area contributed by atoms with Gasteiger partial charge in [-0.05, 0) is 19.8 Å². The third kappa shape index (κ3) is 3.05. The van der Waals surface area contributed by atoms with Gasteiger partial charge in [0.2, 0.25) is 5.95 Å². The standard InChI is InChI=1S/C11H20N6/c1-4-7(5-2)15-10-8(6(3)12)9(13)16-11(14)17-10/h7,12H,4-5H2,1-3H3,(H5,13,14,15,16,17). The summed E-state index contributed by atoms with van der Waals surface area (Å²) in [6, 6.07) is 0.293. The maximum Gasteiger partial charge on any atom is 0.223 e. The van der Waals surface area contributed by atoms with Gasteiger partial charge >= 0.3 is 0 Å². The normalized spacial score (nSPS) is 10.6. The molecule has 0 aliphatic carbocycles. The molecular weight excluding hydrogens is 216 g/mol. The molecule has 0 spiro atoms. The van der Waals surface area contributed by atoms with Crippen LogP contribution in [0.1, 0.15) is 39.2 Å². The fourth-order valence-electron chi connectivity index (χ4n) is 1.66. The molecule has 1 heterocycles. The fourth-order valence-corrected chi connectivity index (χ4v) is 1.66. The number of nitrogens with zero attached hydrogens (tertiary/aromatic N) is 2. The van der Waals surface area contributed by atoms with Gasteiger partial charge in [-0.15, -0.1) is 0 Å². The molecule has 1 aromatic rings. The molecule has 6 heteroatoms. The van der Waals surface area contributed by atoms with Gasteiger partial charge < -0.3 is 22.2 Å². The first-order valence-electron chi connectivity index (χ1n) is 5.74. The van der Waals surface area contributed by atoms with Crippen molar-refractivity contribution in [3.63, 3.8) is 0 Å². The minimum absolute atomic E-state index is 0.126. The lowest BCUT2D eigenvalue weighted by atomic mass is 10.1. The van der Waals surface area contributed by atoms with Gasteiger partial charge in [0, 0.05) is 11.8 Å². The van der Waals surface area contributed by atoms with Crippen molar-refractivity contribution in [3.05, 3.63) is 5.56 Å². The summed E-state index contributed by atoms with van der Waals surface area (Å²) in [5, 5.41) is 11.0. The second-order valence-electron chi connectivity index (χ2n) is 3.97. The molecule has 0 aliphatic heterocycles. The molecule has 0 fully saturated rings. The van der Waals surface area contributed by atoms with Crippen molar-refractivity contribution in [2.75, 3.05) is 16.8 Å². The number of nitrogen functional groups attached to an aromatic ring is 2. The van der Waals surface area contributed by atoms with Crippen LogP contribution in [0.2, 0.25) is 0 Å². The maximum atomic E-state index is 7.71. The fraction of sp³-hybridized carbons (Fsp3) is 0.545. The molecule has 6 nitrogen and oxygen atoms in total. The minimum atomic E-state index is 0.126. The zero-order valence-electron chi connectivity index (χ0n) is 10.5. The Labute approximate surface area is 101 Å². The highest BCUT2D eigenvalue weighted by molar-refractivity contribution is 6.04. The lowest BCUT2D eigenvalue weighted by molar-refractivity contribution is 0.668. The van der Waals surface area contributed by atoms with E-state index in [-0.39, 0.29) is 11.8 Å². The van der Waals surface area contributed by atoms with Crippen LogP contribution in [0.4, 0.5) is 17.6 Å². The van der Waals surface area contributed by atoms with Gasteiger partial charge in [-0.25, -0.2) is 0 Å². The number of nitrogens with two attached hydrogens (primary N) is 2. The van der Waals surface area contributed by atoms with Crippen LogP contribution >= 0.6 is 0 Å². The van der Waals surface area contributed by atoms with E-state index in [1.807, 2.05) is 0 Å². The van der Waals surface area contributed by atoms with Gasteiger partial charge in [0.15, 0.2) is 0 Å². The van der Waals surface area contributed by atoms with Crippen molar-refractivity contribution in [2.45, 2.75) is 39.7 Å². The topological polar surface area (TPSA) is 114 Å². The number of anilines is 3. The summed E-state index contributed by atoms with van der Waals surface area (Å²) in [5.74, 6) is 0.926. The first-order valence-corrected chi connectivity index (χ1v) is 5.74. The van der Waals surface area contributed by atoms with Gasteiger partial charge in [-0.1, -0.05) is 13.8 Å². The van der Waals surface area contributed by atoms with Gasteiger partial charge in [0.25, 0.3) is 0 Å². The van der Waals surface area contributed by atoms with E-state index in [1.165, 1.54) is 0 Å². The van der Waals surface area contributed by atoms with Gasteiger partial charge in [0.05, 0.1) is 5.56 Å². The van der Waals surface area contributed by atoms with E-state index in [1.54, 1.807) is 6.92 Å². The van der Waals surface area contributed by atoms with E-state index in [4.69, 9.17) is 16.9 Å². The molecule has 0 radical (unpaired) electrons. The van der Waals surface area contributed by atoms with E-state index in [9.17, 15) is 0 Å². The number of hydrogen-bond donors (Lipinski definition) is 4. The Morgan fingerprint density at radius 3 is 2.35 bits per heavy atom. The molecule has 0 aliphatic rings. The van der Waals surface area contributed by atoms with Crippen LogP contribution in [-0.2, 0) is 0 Å². The van der Waals surface area contributed by atoms with Crippen LogP contribution in [0.25, 0.3) is 0 Å². The summed E-state index contributed by atoms with van der Waals surface area (Å²) in [6.45, 7) is 5.83. The van der Waals surface area contributed by atoms with Gasteiger partial charge in [-0.3, -0.25) is 0 Å². The molecule has 94 valence electrons. The average molecular weight is 236 g/mol.